The topological polar surface area (TPSA) is 44.2 Å². The van der Waals surface area contributed by atoms with Gasteiger partial charge in [-0.15, -0.1) is 0 Å². The van der Waals surface area contributed by atoms with Crippen LogP contribution < -0.4 is 0 Å². The molecule has 1 heterocycles. The third-order valence-electron chi connectivity index (χ3n) is 1.67. The molecule has 0 spiro atoms. The van der Waals surface area contributed by atoms with Gasteiger partial charge in [0.25, 0.3) is 0 Å². The van der Waals surface area contributed by atoms with Gasteiger partial charge >= 0.3 is 0 Å². The first-order chi connectivity index (χ1) is 5.38. The standard InChI is InChI=1S/C6H10N2O.C2H6/c7-4-6-2-1-3-8(6)5-9;1-2/h4-7H,1-3H2;1-2H3. The van der Waals surface area contributed by atoms with Gasteiger partial charge in [-0.2, -0.15) is 0 Å². The second-order valence-electron chi connectivity index (χ2n) is 2.22. The molecule has 1 aliphatic rings. The molecule has 1 rings (SSSR count). The first-order valence-electron chi connectivity index (χ1n) is 4.10. The molecule has 3 heteroatoms. The lowest BCUT2D eigenvalue weighted by Crippen LogP contribution is -2.28. The number of nitrogens with one attached hydrogen (secondary N) is 1. The normalized spacial score (nSPS) is 22.0. The van der Waals surface area contributed by atoms with Crippen molar-refractivity contribution in [2.24, 2.45) is 0 Å². The zero-order chi connectivity index (χ0) is 8.69. The van der Waals surface area contributed by atoms with Crippen LogP contribution in [0.1, 0.15) is 26.7 Å². The first-order valence-corrected chi connectivity index (χ1v) is 4.10. The number of nitrogens with zero attached hydrogens (tertiary/aromatic N) is 1. The van der Waals surface area contributed by atoms with Crippen LogP contribution in [0, 0.1) is 5.41 Å². The number of hydrogen-bond acceptors (Lipinski definition) is 2. The summed E-state index contributed by atoms with van der Waals surface area (Å²) in [4.78, 5) is 11.9. The van der Waals surface area contributed by atoms with Gasteiger partial charge in [-0.25, -0.2) is 0 Å². The van der Waals surface area contributed by atoms with Gasteiger partial charge in [0, 0.05) is 12.8 Å². The maximum Gasteiger partial charge on any atom is 0.210 e. The predicted molar refractivity (Wildman–Crippen MR) is 45.9 cm³/mol. The number of hydrogen-bond donors (Lipinski definition) is 1. The highest BCUT2D eigenvalue weighted by molar-refractivity contribution is 5.66. The molecule has 0 aliphatic carbocycles. The van der Waals surface area contributed by atoms with Crippen molar-refractivity contribution in [3.05, 3.63) is 0 Å². The molecule has 0 aromatic heterocycles. The Morgan fingerprint density at radius 3 is 2.55 bits per heavy atom. The van der Waals surface area contributed by atoms with Gasteiger partial charge in [0.05, 0.1) is 6.04 Å². The van der Waals surface area contributed by atoms with Crippen molar-refractivity contribution >= 4 is 12.6 Å². The van der Waals surface area contributed by atoms with Gasteiger partial charge in [0.15, 0.2) is 0 Å². The molecular formula is C8H16N2O. The van der Waals surface area contributed by atoms with Crippen molar-refractivity contribution in [1.82, 2.24) is 4.90 Å². The Balaban J connectivity index is 0.000000461. The fourth-order valence-electron chi connectivity index (χ4n) is 1.12. The van der Waals surface area contributed by atoms with E-state index >= 15 is 0 Å². The molecule has 3 nitrogen and oxygen atoms in total. The Hall–Kier alpha value is -0.860. The summed E-state index contributed by atoms with van der Waals surface area (Å²) >= 11 is 0. The van der Waals surface area contributed by atoms with E-state index in [-0.39, 0.29) is 6.04 Å². The van der Waals surface area contributed by atoms with Gasteiger partial charge in [-0.05, 0) is 12.8 Å². The lowest BCUT2D eigenvalue weighted by atomic mass is 10.2. The molecular weight excluding hydrogens is 140 g/mol. The van der Waals surface area contributed by atoms with Gasteiger partial charge in [-0.1, -0.05) is 13.8 Å². The summed E-state index contributed by atoms with van der Waals surface area (Å²) in [6, 6.07) is 0.0856. The number of carbonyl (C=O) groups excluding carboxylic acids is 1. The minimum absolute atomic E-state index is 0.0856. The van der Waals surface area contributed by atoms with Gasteiger partial charge < -0.3 is 10.3 Å². The number of rotatable bonds is 2. The number of carbonyl (C=O) groups is 1. The summed E-state index contributed by atoms with van der Waals surface area (Å²) < 4.78 is 0. The van der Waals surface area contributed by atoms with Crippen LogP contribution in [0.3, 0.4) is 0 Å². The zero-order valence-electron chi connectivity index (χ0n) is 7.21. The Kier molecular flexibility index (Phi) is 5.43. The molecule has 64 valence electrons. The summed E-state index contributed by atoms with van der Waals surface area (Å²) in [6.45, 7) is 4.82. The molecule has 1 unspecified atom stereocenters. The molecule has 0 radical (unpaired) electrons. The fourth-order valence-corrected chi connectivity index (χ4v) is 1.12. The summed E-state index contributed by atoms with van der Waals surface area (Å²) in [6.07, 6.45) is 4.16. The fraction of sp³-hybridized carbons (Fsp3) is 0.750. The van der Waals surface area contributed by atoms with E-state index in [1.54, 1.807) is 4.90 Å². The highest BCUT2D eigenvalue weighted by atomic mass is 16.1. The van der Waals surface area contributed by atoms with Crippen LogP contribution in [0.4, 0.5) is 0 Å². The molecule has 1 saturated heterocycles. The van der Waals surface area contributed by atoms with Crippen molar-refractivity contribution in [2.45, 2.75) is 32.7 Å². The van der Waals surface area contributed by atoms with Crippen molar-refractivity contribution in [1.29, 1.82) is 5.41 Å². The Morgan fingerprint density at radius 2 is 2.18 bits per heavy atom. The average Bonchev–Trinajstić information content (AvgIpc) is 2.54. The lowest BCUT2D eigenvalue weighted by molar-refractivity contribution is -0.117. The summed E-state index contributed by atoms with van der Waals surface area (Å²) in [5.41, 5.74) is 0. The molecule has 0 aromatic carbocycles. The van der Waals surface area contributed by atoms with E-state index in [9.17, 15) is 4.79 Å². The molecule has 0 bridgehead atoms. The highest BCUT2D eigenvalue weighted by Gasteiger charge is 2.19. The largest absolute Gasteiger partial charge is 0.337 e. The van der Waals surface area contributed by atoms with E-state index in [2.05, 4.69) is 0 Å². The van der Waals surface area contributed by atoms with E-state index in [1.165, 1.54) is 6.21 Å². The minimum atomic E-state index is 0.0856. The van der Waals surface area contributed by atoms with Gasteiger partial charge in [0.1, 0.15) is 0 Å². The van der Waals surface area contributed by atoms with E-state index in [4.69, 9.17) is 5.41 Å². The molecule has 1 fully saturated rings. The Labute approximate surface area is 67.9 Å². The third-order valence-corrected chi connectivity index (χ3v) is 1.67. The van der Waals surface area contributed by atoms with Crippen molar-refractivity contribution in [2.75, 3.05) is 6.54 Å². The first kappa shape index (κ1) is 10.1. The molecule has 11 heavy (non-hydrogen) atoms. The molecule has 1 N–H and O–H groups in total. The van der Waals surface area contributed by atoms with Crippen molar-refractivity contribution in [3.8, 4) is 0 Å². The molecule has 1 atom stereocenters. The van der Waals surface area contributed by atoms with E-state index in [0.29, 0.717) is 0 Å². The molecule has 1 amide bonds. The van der Waals surface area contributed by atoms with Gasteiger partial charge in [0.2, 0.25) is 6.41 Å². The quantitative estimate of drug-likeness (QED) is 0.475. The number of likely N-dealkylation sites (tertiary alicyclic amines) is 1. The van der Waals surface area contributed by atoms with E-state index in [0.717, 1.165) is 25.8 Å². The molecule has 1 aliphatic heterocycles. The number of amides is 1. The third kappa shape index (κ3) is 2.70. The average molecular weight is 156 g/mol. The Morgan fingerprint density at radius 1 is 1.55 bits per heavy atom. The maximum absolute atomic E-state index is 10.2. The molecule has 0 aromatic rings. The second kappa shape index (κ2) is 5.89. The summed E-state index contributed by atoms with van der Waals surface area (Å²) in [5.74, 6) is 0. The van der Waals surface area contributed by atoms with E-state index < -0.39 is 0 Å². The van der Waals surface area contributed by atoms with E-state index in [1.807, 2.05) is 13.8 Å². The van der Waals surface area contributed by atoms with Crippen LogP contribution >= 0.6 is 0 Å². The summed E-state index contributed by atoms with van der Waals surface area (Å²) in [5, 5.41) is 6.91. The van der Waals surface area contributed by atoms with Crippen LogP contribution in [-0.4, -0.2) is 30.1 Å². The van der Waals surface area contributed by atoms with Crippen LogP contribution in [-0.2, 0) is 4.79 Å². The van der Waals surface area contributed by atoms with Crippen molar-refractivity contribution in [3.63, 3.8) is 0 Å². The second-order valence-corrected chi connectivity index (χ2v) is 2.22. The maximum atomic E-state index is 10.2. The highest BCUT2D eigenvalue weighted by Crippen LogP contribution is 2.11. The minimum Gasteiger partial charge on any atom is -0.337 e. The smallest absolute Gasteiger partial charge is 0.210 e. The molecule has 0 saturated carbocycles. The van der Waals surface area contributed by atoms with Crippen molar-refractivity contribution < 1.29 is 4.79 Å². The van der Waals surface area contributed by atoms with Crippen LogP contribution in [0.25, 0.3) is 0 Å². The SMILES string of the molecule is CC.N=CC1CCCN1C=O. The lowest BCUT2D eigenvalue weighted by Gasteiger charge is -2.13. The van der Waals surface area contributed by atoms with Crippen LogP contribution in [0.2, 0.25) is 0 Å². The predicted octanol–water partition coefficient (Wildman–Crippen LogP) is 1.28. The summed E-state index contributed by atoms with van der Waals surface area (Å²) in [7, 11) is 0. The zero-order valence-corrected chi connectivity index (χ0v) is 7.21. The monoisotopic (exact) mass is 156 g/mol. The Bertz CT molecular complexity index is 111. The van der Waals surface area contributed by atoms with Crippen LogP contribution in [0.5, 0.6) is 0 Å². The van der Waals surface area contributed by atoms with Gasteiger partial charge in [-0.3, -0.25) is 4.79 Å². The van der Waals surface area contributed by atoms with Crippen LogP contribution in [0.15, 0.2) is 0 Å².